The van der Waals surface area contributed by atoms with Crippen LogP contribution in [0.4, 0.5) is 5.82 Å². The predicted molar refractivity (Wildman–Crippen MR) is 125 cm³/mol. The molecule has 0 saturated heterocycles. The smallest absolute Gasteiger partial charge is 0.266 e. The minimum Gasteiger partial charge on any atom is -0.358 e. The number of hydrogen-bond donors (Lipinski definition) is 2. The maximum atomic E-state index is 13.8. The van der Waals surface area contributed by atoms with Gasteiger partial charge >= 0.3 is 0 Å². The number of hydrogen-bond acceptors (Lipinski definition) is 6. The van der Waals surface area contributed by atoms with E-state index in [1.54, 1.807) is 10.9 Å². The van der Waals surface area contributed by atoms with E-state index in [4.69, 9.17) is 4.98 Å². The van der Waals surface area contributed by atoms with Crippen LogP contribution in [0.5, 0.6) is 0 Å². The van der Waals surface area contributed by atoms with Gasteiger partial charge in [0.05, 0.1) is 29.0 Å². The number of benzene rings is 2. The van der Waals surface area contributed by atoms with Crippen molar-refractivity contribution in [1.29, 1.82) is 0 Å². The lowest BCUT2D eigenvalue weighted by molar-refractivity contribution is 0.658. The highest BCUT2D eigenvalue weighted by Gasteiger charge is 2.23. The third kappa shape index (κ3) is 3.20. The van der Waals surface area contributed by atoms with Gasteiger partial charge in [-0.1, -0.05) is 37.3 Å². The van der Waals surface area contributed by atoms with Gasteiger partial charge in [0, 0.05) is 0 Å². The predicted octanol–water partition coefficient (Wildman–Crippen LogP) is 4.23. The van der Waals surface area contributed by atoms with Crippen molar-refractivity contribution in [2.45, 2.75) is 33.2 Å². The summed E-state index contributed by atoms with van der Waals surface area (Å²) in [5.41, 5.74) is 4.62. The fourth-order valence-corrected chi connectivity index (χ4v) is 4.08. The van der Waals surface area contributed by atoms with Crippen molar-refractivity contribution < 1.29 is 0 Å². The molecular weight excluding hydrogens is 402 g/mol. The molecule has 2 N–H and O–H groups in total. The molecule has 0 bridgehead atoms. The molecule has 5 rings (SSSR count). The largest absolute Gasteiger partial charge is 0.358 e. The lowest BCUT2D eigenvalue weighted by Gasteiger charge is -2.23. The Balaban J connectivity index is 1.76. The molecular formula is C24H23N7O. The molecule has 1 atom stereocenters. The van der Waals surface area contributed by atoms with Crippen LogP contribution in [-0.2, 0) is 0 Å². The molecule has 0 radical (unpaired) electrons. The van der Waals surface area contributed by atoms with Crippen LogP contribution in [0.15, 0.2) is 59.9 Å². The second-order valence-electron chi connectivity index (χ2n) is 7.79. The van der Waals surface area contributed by atoms with Gasteiger partial charge in [0.2, 0.25) is 0 Å². The number of para-hydroxylation sites is 1. The lowest BCUT2D eigenvalue weighted by atomic mass is 10.1. The fraction of sp³-hybridized carbons (Fsp3) is 0.208. The number of H-pyrrole nitrogens is 1. The van der Waals surface area contributed by atoms with Crippen LogP contribution >= 0.6 is 0 Å². The Bertz CT molecular complexity index is 1500. The number of nitrogens with zero attached hydrogens (tertiary/aromatic N) is 5. The molecule has 8 nitrogen and oxygen atoms in total. The number of rotatable bonds is 5. The summed E-state index contributed by atoms with van der Waals surface area (Å²) in [5.74, 6) is 1.23. The zero-order valence-electron chi connectivity index (χ0n) is 18.1. The molecule has 0 spiro atoms. The number of aryl methyl sites for hydroxylation is 2. The van der Waals surface area contributed by atoms with Gasteiger partial charge in [-0.15, -0.1) is 0 Å². The van der Waals surface area contributed by atoms with Gasteiger partial charge in [-0.3, -0.25) is 9.36 Å². The number of nitrogens with one attached hydrogen (secondary N) is 2. The van der Waals surface area contributed by atoms with E-state index in [1.165, 1.54) is 6.33 Å². The Kier molecular flexibility index (Phi) is 4.89. The second-order valence-corrected chi connectivity index (χ2v) is 7.79. The van der Waals surface area contributed by atoms with Gasteiger partial charge in [0.25, 0.3) is 5.56 Å². The summed E-state index contributed by atoms with van der Waals surface area (Å²) in [6, 6.07) is 13.3. The van der Waals surface area contributed by atoms with Gasteiger partial charge < -0.3 is 10.3 Å². The molecule has 0 amide bonds. The number of aromatic nitrogens is 6. The highest BCUT2D eigenvalue weighted by atomic mass is 16.1. The third-order valence-electron chi connectivity index (χ3n) is 5.74. The van der Waals surface area contributed by atoms with Gasteiger partial charge in [-0.2, -0.15) is 0 Å². The minimum atomic E-state index is -0.276. The molecule has 0 aliphatic carbocycles. The summed E-state index contributed by atoms with van der Waals surface area (Å²) in [5, 5.41) is 4.09. The summed E-state index contributed by atoms with van der Waals surface area (Å²) in [4.78, 5) is 34.7. The van der Waals surface area contributed by atoms with Crippen LogP contribution in [0.3, 0.4) is 0 Å². The Morgan fingerprint density at radius 3 is 2.66 bits per heavy atom. The number of fused-ring (bicyclic) bond motifs is 2. The van der Waals surface area contributed by atoms with Crippen molar-refractivity contribution in [2.75, 3.05) is 5.32 Å². The van der Waals surface area contributed by atoms with Gasteiger partial charge in [0.15, 0.2) is 11.5 Å². The summed E-state index contributed by atoms with van der Waals surface area (Å²) in [6.07, 6.45) is 3.76. The topological polar surface area (TPSA) is 101 Å². The molecule has 0 aliphatic rings. The first-order valence-electron chi connectivity index (χ1n) is 10.6. The van der Waals surface area contributed by atoms with Crippen molar-refractivity contribution in [1.82, 2.24) is 29.5 Å². The summed E-state index contributed by atoms with van der Waals surface area (Å²) < 4.78 is 1.73. The zero-order valence-corrected chi connectivity index (χ0v) is 18.1. The molecule has 3 aromatic heterocycles. The third-order valence-corrected chi connectivity index (χ3v) is 5.74. The first-order valence-corrected chi connectivity index (χ1v) is 10.6. The van der Waals surface area contributed by atoms with E-state index in [2.05, 4.69) is 32.2 Å². The summed E-state index contributed by atoms with van der Waals surface area (Å²) >= 11 is 0. The van der Waals surface area contributed by atoms with Crippen LogP contribution in [0, 0.1) is 13.8 Å². The van der Waals surface area contributed by atoms with E-state index in [1.807, 2.05) is 56.3 Å². The van der Waals surface area contributed by atoms with Crippen molar-refractivity contribution >= 4 is 27.9 Å². The van der Waals surface area contributed by atoms with Crippen LogP contribution < -0.4 is 10.9 Å². The monoisotopic (exact) mass is 425 g/mol. The normalized spacial score (nSPS) is 12.3. The van der Waals surface area contributed by atoms with Crippen LogP contribution in [0.1, 0.15) is 36.3 Å². The molecule has 0 fully saturated rings. The summed E-state index contributed by atoms with van der Waals surface area (Å²) in [6.45, 7) is 5.99. The van der Waals surface area contributed by atoms with Crippen LogP contribution in [0.25, 0.3) is 27.8 Å². The molecule has 8 heteroatoms. The number of aromatic amines is 1. The first kappa shape index (κ1) is 19.9. The zero-order chi connectivity index (χ0) is 22.2. The van der Waals surface area contributed by atoms with E-state index in [0.29, 0.717) is 40.1 Å². The average Bonchev–Trinajstić information content (AvgIpc) is 3.28. The summed E-state index contributed by atoms with van der Waals surface area (Å²) in [7, 11) is 0. The maximum absolute atomic E-state index is 13.8. The second kappa shape index (κ2) is 7.88. The van der Waals surface area contributed by atoms with E-state index in [0.717, 1.165) is 16.8 Å². The fourth-order valence-electron chi connectivity index (χ4n) is 4.08. The molecule has 3 heterocycles. The van der Waals surface area contributed by atoms with Crippen molar-refractivity contribution in [3.63, 3.8) is 0 Å². The van der Waals surface area contributed by atoms with Crippen molar-refractivity contribution in [3.8, 4) is 5.69 Å². The van der Waals surface area contributed by atoms with Crippen LogP contribution in [-0.4, -0.2) is 29.5 Å². The maximum Gasteiger partial charge on any atom is 0.266 e. The first-order chi connectivity index (χ1) is 15.6. The van der Waals surface area contributed by atoms with Crippen LogP contribution in [0.2, 0.25) is 0 Å². The van der Waals surface area contributed by atoms with E-state index in [-0.39, 0.29) is 11.6 Å². The number of imidazole rings is 1. The van der Waals surface area contributed by atoms with E-state index >= 15 is 0 Å². The molecule has 1 unspecified atom stereocenters. The molecule has 32 heavy (non-hydrogen) atoms. The molecule has 0 aliphatic heterocycles. The Morgan fingerprint density at radius 2 is 1.84 bits per heavy atom. The van der Waals surface area contributed by atoms with E-state index in [9.17, 15) is 4.79 Å². The quantitative estimate of drug-likeness (QED) is 0.437. The Morgan fingerprint density at radius 1 is 1.03 bits per heavy atom. The lowest BCUT2D eigenvalue weighted by Crippen LogP contribution is -2.29. The van der Waals surface area contributed by atoms with Gasteiger partial charge in [-0.05, 0) is 43.5 Å². The van der Waals surface area contributed by atoms with E-state index < -0.39 is 0 Å². The highest BCUT2D eigenvalue weighted by molar-refractivity contribution is 5.83. The Hall–Kier alpha value is -4.07. The Labute approximate surface area is 184 Å². The molecule has 0 saturated carbocycles. The number of anilines is 1. The van der Waals surface area contributed by atoms with Gasteiger partial charge in [-0.25, -0.2) is 19.9 Å². The minimum absolute atomic E-state index is 0.0785. The molecule has 5 aromatic rings. The van der Waals surface area contributed by atoms with Crippen molar-refractivity contribution in [3.05, 3.63) is 82.4 Å². The van der Waals surface area contributed by atoms with Crippen molar-refractivity contribution in [2.24, 2.45) is 0 Å². The molecule has 2 aromatic carbocycles. The average molecular weight is 425 g/mol. The van der Waals surface area contributed by atoms with Gasteiger partial charge in [0.1, 0.15) is 17.7 Å². The SMILES string of the molecule is CCC(Nc1ncnc2[nH]cnc12)c1nc2cccc(C)c2c(=O)n1-c1ccccc1C. The standard InChI is InChI=1S/C24H23N7O/c1-4-16(29-22-20-21(26-12-25-20)27-13-28-22)23-30-17-10-7-9-15(3)19(17)24(32)31(23)18-11-6-5-8-14(18)2/h5-13,16H,4H2,1-3H3,(H2,25,26,27,28,29). The highest BCUT2D eigenvalue weighted by Crippen LogP contribution is 2.27. The molecule has 160 valence electrons.